The lowest BCUT2D eigenvalue weighted by Crippen LogP contribution is -2.56. The number of methoxy groups -OCH3 is 2. The Morgan fingerprint density at radius 3 is 2.50 bits per heavy atom. The molecule has 0 saturated carbocycles. The van der Waals surface area contributed by atoms with Crippen LogP contribution in [0.2, 0.25) is 9.36 Å². The van der Waals surface area contributed by atoms with Gasteiger partial charge >= 0.3 is 5.97 Å². The molecule has 11 heteroatoms. The van der Waals surface area contributed by atoms with Gasteiger partial charge in [-0.15, -0.1) is 11.3 Å². The largest absolute Gasteiger partial charge is 0.493 e. The number of carboxylic acids is 1. The summed E-state index contributed by atoms with van der Waals surface area (Å²) in [6.45, 7) is 2.46. The van der Waals surface area contributed by atoms with E-state index in [9.17, 15) is 14.7 Å². The van der Waals surface area contributed by atoms with E-state index in [2.05, 4.69) is 0 Å². The van der Waals surface area contributed by atoms with Crippen molar-refractivity contribution in [3.05, 3.63) is 80.0 Å². The third-order valence-electron chi connectivity index (χ3n) is 6.74. The maximum atomic E-state index is 13.9. The monoisotopic (exact) mass is 607 g/mol. The summed E-state index contributed by atoms with van der Waals surface area (Å²) in [5, 5.41) is 10.1. The molecule has 2 aromatic carbocycles. The number of carbonyl (C=O) groups is 2. The number of rotatable bonds is 12. The molecule has 8 nitrogen and oxygen atoms in total. The summed E-state index contributed by atoms with van der Waals surface area (Å²) < 4.78 is 23.6. The highest BCUT2D eigenvalue weighted by atomic mass is 35.5. The lowest BCUT2D eigenvalue weighted by Gasteiger charge is -2.47. The molecule has 3 aromatic rings. The second kappa shape index (κ2) is 13.7. The number of benzene rings is 2. The highest BCUT2D eigenvalue weighted by molar-refractivity contribution is 7.16. The van der Waals surface area contributed by atoms with E-state index in [0.717, 1.165) is 16.0 Å². The van der Waals surface area contributed by atoms with Crippen molar-refractivity contribution < 1.29 is 33.6 Å². The molecule has 40 heavy (non-hydrogen) atoms. The Morgan fingerprint density at radius 2 is 1.88 bits per heavy atom. The normalized spacial score (nSPS) is 19.9. The molecule has 0 radical (unpaired) electrons. The second-order valence-electron chi connectivity index (χ2n) is 9.30. The molecule has 4 atom stereocenters. The molecular weight excluding hydrogens is 577 g/mol. The van der Waals surface area contributed by atoms with Crippen LogP contribution in [0, 0.1) is 0 Å². The minimum atomic E-state index is -1.17. The van der Waals surface area contributed by atoms with Crippen molar-refractivity contribution in [3.63, 3.8) is 0 Å². The number of ether oxygens (including phenoxy) is 4. The first kappa shape index (κ1) is 30.1. The van der Waals surface area contributed by atoms with Gasteiger partial charge in [-0.25, -0.2) is 0 Å². The average Bonchev–Trinajstić information content (AvgIpc) is 3.37. The van der Waals surface area contributed by atoms with Gasteiger partial charge in [-0.3, -0.25) is 9.59 Å². The van der Waals surface area contributed by atoms with Crippen LogP contribution in [0.4, 0.5) is 0 Å². The molecule has 1 N–H and O–H groups in total. The van der Waals surface area contributed by atoms with E-state index in [-0.39, 0.29) is 19.3 Å². The van der Waals surface area contributed by atoms with Crippen LogP contribution in [0.3, 0.4) is 0 Å². The molecule has 0 aliphatic carbocycles. The summed E-state index contributed by atoms with van der Waals surface area (Å²) in [4.78, 5) is 28.1. The number of halogens is 2. The molecule has 0 spiro atoms. The Balaban J connectivity index is 1.67. The second-order valence-corrected chi connectivity index (χ2v) is 11.5. The van der Waals surface area contributed by atoms with Crippen molar-refractivity contribution >= 4 is 46.4 Å². The molecule has 0 unspecified atom stereocenters. The molecule has 1 saturated heterocycles. The molecule has 1 amide bonds. The number of carbonyl (C=O) groups excluding carboxylic acids is 1. The third kappa shape index (κ3) is 6.90. The van der Waals surface area contributed by atoms with E-state index in [1.165, 1.54) is 11.3 Å². The minimum Gasteiger partial charge on any atom is -0.493 e. The average molecular weight is 609 g/mol. The molecular formula is C29H31Cl2NO7S. The van der Waals surface area contributed by atoms with Gasteiger partial charge in [-0.2, -0.15) is 0 Å². The number of nitrogens with zero attached hydrogens (tertiary/aromatic N) is 1. The van der Waals surface area contributed by atoms with E-state index in [4.69, 9.17) is 42.1 Å². The maximum Gasteiger partial charge on any atom is 0.306 e. The van der Waals surface area contributed by atoms with Crippen LogP contribution in [0.25, 0.3) is 0 Å². The summed E-state index contributed by atoms with van der Waals surface area (Å²) in [7, 11) is 3.14. The number of morpholine rings is 1. The third-order valence-corrected chi connectivity index (χ3v) is 8.28. The lowest BCUT2D eigenvalue weighted by atomic mass is 9.93. The summed E-state index contributed by atoms with van der Waals surface area (Å²) in [5.41, 5.74) is 1.61. The number of aliphatic carboxylic acids is 1. The zero-order valence-corrected chi connectivity index (χ0v) is 24.7. The fraction of sp³-hybridized carbons (Fsp3) is 0.379. The van der Waals surface area contributed by atoms with Gasteiger partial charge in [0.15, 0.2) is 11.5 Å². The number of hydrogen-bond donors (Lipinski definition) is 1. The van der Waals surface area contributed by atoms with E-state index < -0.39 is 36.5 Å². The van der Waals surface area contributed by atoms with Crippen LogP contribution in [-0.4, -0.2) is 54.9 Å². The fourth-order valence-corrected chi connectivity index (χ4v) is 6.24. The molecule has 4 rings (SSSR count). The van der Waals surface area contributed by atoms with Crippen LogP contribution in [0.5, 0.6) is 11.5 Å². The van der Waals surface area contributed by atoms with E-state index in [0.29, 0.717) is 27.3 Å². The SMILES string of the molecule is CC[C@@H](COCc1ccc(OC)c(OC)c1)N1C(=O)[C@@H](CC(=O)O)O[C@H](c2cccc(Cl)c2)[C@H]1c1ccc(Cl)s1. The van der Waals surface area contributed by atoms with Crippen molar-refractivity contribution in [3.8, 4) is 11.5 Å². The topological polar surface area (TPSA) is 94.5 Å². The van der Waals surface area contributed by atoms with E-state index >= 15 is 0 Å². The summed E-state index contributed by atoms with van der Waals surface area (Å²) >= 11 is 14.0. The van der Waals surface area contributed by atoms with Crippen LogP contribution < -0.4 is 9.47 Å². The summed E-state index contributed by atoms with van der Waals surface area (Å²) in [6, 6.07) is 15.4. The van der Waals surface area contributed by atoms with Crippen molar-refractivity contribution in [2.45, 2.75) is 50.7 Å². The zero-order valence-electron chi connectivity index (χ0n) is 22.3. The predicted molar refractivity (Wildman–Crippen MR) is 154 cm³/mol. The van der Waals surface area contributed by atoms with Crippen molar-refractivity contribution in [2.24, 2.45) is 0 Å². The first-order valence-electron chi connectivity index (χ1n) is 12.7. The standard InChI is InChI=1S/C29H31Cl2NO7S/c1-4-20(16-38-15-17-8-9-21(36-2)22(12-17)37-3)32-27(24-10-11-25(31)40-24)28(18-6-5-7-19(30)13-18)39-23(29(32)35)14-26(33)34/h5-13,20,23,27-28H,4,14-16H2,1-3H3,(H,33,34)/t20-,23+,27+,28+/m0/s1. The Bertz CT molecular complexity index is 1330. The zero-order chi connectivity index (χ0) is 28.8. The van der Waals surface area contributed by atoms with Gasteiger partial charge < -0.3 is 29.0 Å². The number of carboxylic acid groups (broad SMARTS) is 1. The number of hydrogen-bond acceptors (Lipinski definition) is 7. The fourth-order valence-electron chi connectivity index (χ4n) is 4.86. The van der Waals surface area contributed by atoms with Gasteiger partial charge in [0.1, 0.15) is 12.2 Å². The molecule has 214 valence electrons. The van der Waals surface area contributed by atoms with Gasteiger partial charge in [0.25, 0.3) is 5.91 Å². The van der Waals surface area contributed by atoms with E-state index in [1.54, 1.807) is 43.4 Å². The summed E-state index contributed by atoms with van der Waals surface area (Å²) in [6.07, 6.45) is -1.74. The van der Waals surface area contributed by atoms with Crippen LogP contribution >= 0.6 is 34.5 Å². The Labute approximate surface area is 247 Å². The van der Waals surface area contributed by atoms with Crippen LogP contribution in [-0.2, 0) is 25.7 Å². The van der Waals surface area contributed by atoms with Crippen molar-refractivity contribution in [1.82, 2.24) is 4.90 Å². The maximum absolute atomic E-state index is 13.9. The minimum absolute atomic E-state index is 0.217. The number of amides is 1. The Morgan fingerprint density at radius 1 is 1.10 bits per heavy atom. The summed E-state index contributed by atoms with van der Waals surface area (Å²) in [5.74, 6) is -0.324. The van der Waals surface area contributed by atoms with Gasteiger partial charge in [0.05, 0.1) is 50.3 Å². The Hall–Kier alpha value is -2.82. The molecule has 1 fully saturated rings. The number of thiophene rings is 1. The molecule has 2 heterocycles. The molecule has 1 aliphatic rings. The smallest absolute Gasteiger partial charge is 0.306 e. The van der Waals surface area contributed by atoms with Crippen LogP contribution in [0.1, 0.15) is 47.9 Å². The predicted octanol–water partition coefficient (Wildman–Crippen LogP) is 6.55. The lowest BCUT2D eigenvalue weighted by molar-refractivity contribution is -0.185. The van der Waals surface area contributed by atoms with Crippen LogP contribution in [0.15, 0.2) is 54.6 Å². The van der Waals surface area contributed by atoms with Crippen molar-refractivity contribution in [2.75, 3.05) is 20.8 Å². The first-order chi connectivity index (χ1) is 19.2. The molecule has 0 bridgehead atoms. The van der Waals surface area contributed by atoms with E-state index in [1.807, 2.05) is 37.3 Å². The quantitative estimate of drug-likeness (QED) is 0.249. The van der Waals surface area contributed by atoms with Gasteiger partial charge in [-0.05, 0) is 53.9 Å². The van der Waals surface area contributed by atoms with Gasteiger partial charge in [-0.1, -0.05) is 48.3 Å². The molecule has 1 aromatic heterocycles. The first-order valence-corrected chi connectivity index (χ1v) is 14.3. The van der Waals surface area contributed by atoms with Gasteiger partial charge in [0, 0.05) is 9.90 Å². The van der Waals surface area contributed by atoms with Crippen molar-refractivity contribution in [1.29, 1.82) is 0 Å². The molecule has 1 aliphatic heterocycles. The highest BCUT2D eigenvalue weighted by Crippen LogP contribution is 2.47. The Kier molecular flexibility index (Phi) is 10.3. The van der Waals surface area contributed by atoms with Gasteiger partial charge in [0.2, 0.25) is 0 Å². The highest BCUT2D eigenvalue weighted by Gasteiger charge is 2.47.